The van der Waals surface area contributed by atoms with E-state index in [4.69, 9.17) is 14.5 Å². The van der Waals surface area contributed by atoms with Crippen LogP contribution in [0.25, 0.3) is 28.0 Å². The highest BCUT2D eigenvalue weighted by molar-refractivity contribution is 6.10. The first-order valence-electron chi connectivity index (χ1n) is 16.7. The second kappa shape index (κ2) is 14.6. The normalized spacial score (nSPS) is 15.6. The third kappa shape index (κ3) is 7.69. The Hall–Kier alpha value is -4.73. The van der Waals surface area contributed by atoms with Crippen molar-refractivity contribution >= 4 is 40.2 Å². The number of fused-ring (bicyclic) bond motifs is 1. The van der Waals surface area contributed by atoms with Crippen LogP contribution in [0.15, 0.2) is 72.9 Å². The first kappa shape index (κ1) is 33.2. The zero-order valence-corrected chi connectivity index (χ0v) is 28.3. The van der Waals surface area contributed by atoms with Crippen LogP contribution < -0.4 is 15.4 Å². The van der Waals surface area contributed by atoms with E-state index >= 15 is 0 Å². The van der Waals surface area contributed by atoms with Crippen molar-refractivity contribution in [2.24, 2.45) is 0 Å². The predicted octanol–water partition coefficient (Wildman–Crippen LogP) is 7.32. The molecule has 0 atom stereocenters. The number of hydrogen-bond donors (Lipinski definition) is 2. The number of rotatable bonds is 8. The van der Waals surface area contributed by atoms with E-state index < -0.39 is 6.03 Å². The van der Waals surface area contributed by atoms with Gasteiger partial charge in [-0.2, -0.15) is 0 Å². The molecular weight excluding hydrogens is 602 g/mol. The maximum atomic E-state index is 13.6. The molecule has 2 N–H and O–H groups in total. The Balaban J connectivity index is 1.24. The number of nitrogens with zero attached hydrogens (tertiary/aromatic N) is 3. The maximum absolute atomic E-state index is 13.6. The summed E-state index contributed by atoms with van der Waals surface area (Å²) in [4.78, 5) is 35.5. The van der Waals surface area contributed by atoms with Crippen molar-refractivity contribution in [3.05, 3.63) is 89.8 Å². The third-order valence-corrected chi connectivity index (χ3v) is 9.06. The van der Waals surface area contributed by atoms with Crippen LogP contribution in [-0.4, -0.2) is 73.2 Å². The molecule has 4 aromatic rings. The minimum absolute atomic E-state index is 0.0853. The lowest BCUT2D eigenvalue weighted by Gasteiger charge is -2.25. The van der Waals surface area contributed by atoms with Gasteiger partial charge in [0.15, 0.2) is 0 Å². The first-order chi connectivity index (χ1) is 23.2. The zero-order chi connectivity index (χ0) is 33.7. The SMILES string of the molecule is COc1c(/C=C/C(=O)N2CCOCC2)cc(C(C)(C)C)cc1NC(=O)Nc1ccc(-c2ccc(CN3CCCC3)nc2)c2ccccc12. The lowest BCUT2D eigenvalue weighted by atomic mass is 9.85. The van der Waals surface area contributed by atoms with Crippen LogP contribution >= 0.6 is 0 Å². The molecule has 0 unspecified atom stereocenters. The molecule has 2 aliphatic rings. The molecule has 0 radical (unpaired) electrons. The van der Waals surface area contributed by atoms with Gasteiger partial charge in [0, 0.05) is 48.4 Å². The zero-order valence-electron chi connectivity index (χ0n) is 28.3. The molecule has 250 valence electrons. The molecule has 0 saturated carbocycles. The highest BCUT2D eigenvalue weighted by atomic mass is 16.5. The van der Waals surface area contributed by atoms with Gasteiger partial charge in [0.1, 0.15) is 5.75 Å². The Morgan fingerprint density at radius 3 is 2.33 bits per heavy atom. The quantitative estimate of drug-likeness (QED) is 0.195. The van der Waals surface area contributed by atoms with Crippen molar-refractivity contribution in [1.29, 1.82) is 0 Å². The average Bonchev–Trinajstić information content (AvgIpc) is 3.60. The molecule has 0 aliphatic carbocycles. The molecule has 1 aromatic heterocycles. The molecule has 48 heavy (non-hydrogen) atoms. The summed E-state index contributed by atoms with van der Waals surface area (Å²) in [6.45, 7) is 11.7. The van der Waals surface area contributed by atoms with Gasteiger partial charge in [-0.15, -0.1) is 0 Å². The molecule has 9 heteroatoms. The number of benzene rings is 3. The summed E-state index contributed by atoms with van der Waals surface area (Å²) in [6.07, 6.45) is 7.78. The highest BCUT2D eigenvalue weighted by Crippen LogP contribution is 2.37. The number of pyridine rings is 1. The molecule has 6 rings (SSSR count). The van der Waals surface area contributed by atoms with Gasteiger partial charge in [0.2, 0.25) is 5.91 Å². The first-order valence-corrected chi connectivity index (χ1v) is 16.7. The van der Waals surface area contributed by atoms with Crippen LogP contribution in [-0.2, 0) is 21.5 Å². The second-order valence-corrected chi connectivity index (χ2v) is 13.5. The van der Waals surface area contributed by atoms with Crippen LogP contribution in [0.2, 0.25) is 0 Å². The summed E-state index contributed by atoms with van der Waals surface area (Å²) >= 11 is 0. The lowest BCUT2D eigenvalue weighted by Crippen LogP contribution is -2.39. The average molecular weight is 648 g/mol. The van der Waals surface area contributed by atoms with Crippen molar-refractivity contribution < 1.29 is 19.1 Å². The number of nitrogens with one attached hydrogen (secondary N) is 2. The topological polar surface area (TPSA) is 96.0 Å². The monoisotopic (exact) mass is 647 g/mol. The molecular formula is C39H45N5O4. The van der Waals surface area contributed by atoms with Crippen LogP contribution in [0.1, 0.15) is 50.4 Å². The molecule has 9 nitrogen and oxygen atoms in total. The summed E-state index contributed by atoms with van der Waals surface area (Å²) < 4.78 is 11.2. The smallest absolute Gasteiger partial charge is 0.323 e. The van der Waals surface area contributed by atoms with Crippen LogP contribution in [0.5, 0.6) is 5.75 Å². The van der Waals surface area contributed by atoms with Gasteiger partial charge in [0.25, 0.3) is 0 Å². The van der Waals surface area contributed by atoms with Crippen LogP contribution in [0.4, 0.5) is 16.2 Å². The summed E-state index contributed by atoms with van der Waals surface area (Å²) in [7, 11) is 1.57. The van der Waals surface area contributed by atoms with E-state index in [-0.39, 0.29) is 11.3 Å². The number of anilines is 2. The van der Waals surface area contributed by atoms with Gasteiger partial charge in [-0.25, -0.2) is 4.79 Å². The molecule has 2 aliphatic heterocycles. The Morgan fingerprint density at radius 1 is 0.917 bits per heavy atom. The van der Waals surface area contributed by atoms with Gasteiger partial charge in [0.05, 0.1) is 37.4 Å². The van der Waals surface area contributed by atoms with E-state index in [0.717, 1.165) is 52.8 Å². The van der Waals surface area contributed by atoms with E-state index in [1.165, 1.54) is 12.8 Å². The van der Waals surface area contributed by atoms with E-state index in [1.54, 1.807) is 24.2 Å². The molecule has 2 saturated heterocycles. The van der Waals surface area contributed by atoms with Crippen molar-refractivity contribution in [1.82, 2.24) is 14.8 Å². The van der Waals surface area contributed by atoms with Crippen molar-refractivity contribution in [2.75, 3.05) is 57.1 Å². The van der Waals surface area contributed by atoms with Crippen molar-refractivity contribution in [3.8, 4) is 16.9 Å². The van der Waals surface area contributed by atoms with Gasteiger partial charge in [-0.05, 0) is 78.2 Å². The Bertz CT molecular complexity index is 1800. The number of carbonyl (C=O) groups excluding carboxylic acids is 2. The largest absolute Gasteiger partial charge is 0.494 e. The van der Waals surface area contributed by atoms with Crippen LogP contribution in [0, 0.1) is 0 Å². The summed E-state index contributed by atoms with van der Waals surface area (Å²) in [6, 6.07) is 19.8. The third-order valence-electron chi connectivity index (χ3n) is 9.06. The molecule has 3 heterocycles. The summed E-state index contributed by atoms with van der Waals surface area (Å²) in [5.41, 5.74) is 5.85. The van der Waals surface area contributed by atoms with E-state index in [2.05, 4.69) is 54.5 Å². The Morgan fingerprint density at radius 2 is 1.65 bits per heavy atom. The fourth-order valence-corrected chi connectivity index (χ4v) is 6.36. The summed E-state index contributed by atoms with van der Waals surface area (Å²) in [5.74, 6) is 0.392. The maximum Gasteiger partial charge on any atom is 0.323 e. The van der Waals surface area contributed by atoms with Crippen LogP contribution in [0.3, 0.4) is 0 Å². The number of likely N-dealkylation sites (tertiary alicyclic amines) is 1. The van der Waals surface area contributed by atoms with Gasteiger partial charge >= 0.3 is 6.03 Å². The number of amides is 3. The lowest BCUT2D eigenvalue weighted by molar-refractivity contribution is -0.129. The Labute approximate surface area is 282 Å². The van der Waals surface area contributed by atoms with E-state index in [9.17, 15) is 9.59 Å². The molecule has 3 aromatic carbocycles. The summed E-state index contributed by atoms with van der Waals surface area (Å²) in [5, 5.41) is 8.04. The number of morpholine rings is 1. The number of hydrogen-bond acceptors (Lipinski definition) is 6. The van der Waals surface area contributed by atoms with Crippen molar-refractivity contribution in [2.45, 2.75) is 45.6 Å². The van der Waals surface area contributed by atoms with E-state index in [1.807, 2.05) is 48.7 Å². The van der Waals surface area contributed by atoms with E-state index in [0.29, 0.717) is 49.0 Å². The number of carbonyl (C=O) groups is 2. The highest BCUT2D eigenvalue weighted by Gasteiger charge is 2.21. The second-order valence-electron chi connectivity index (χ2n) is 13.5. The van der Waals surface area contributed by atoms with Gasteiger partial charge < -0.3 is 25.0 Å². The van der Waals surface area contributed by atoms with Gasteiger partial charge in [-0.3, -0.25) is 14.7 Å². The number of urea groups is 1. The number of aromatic nitrogens is 1. The number of ether oxygens (including phenoxy) is 2. The molecule has 0 bridgehead atoms. The molecule has 2 fully saturated rings. The van der Waals surface area contributed by atoms with Crippen molar-refractivity contribution in [3.63, 3.8) is 0 Å². The van der Waals surface area contributed by atoms with Gasteiger partial charge in [-0.1, -0.05) is 57.2 Å². The number of methoxy groups -OCH3 is 1. The minimum Gasteiger partial charge on any atom is -0.494 e. The Kier molecular flexibility index (Phi) is 10.1. The predicted molar refractivity (Wildman–Crippen MR) is 192 cm³/mol. The standard InChI is InChI=1S/C39H45N5O4/c1-39(2,3)29-23-27(12-16-36(45)44-19-21-48-22-20-44)37(47-4)35(24-29)42-38(46)41-34-15-14-31(32-9-5-6-10-33(32)34)28-11-13-30(40-25-28)26-43-17-7-8-18-43/h5-6,9-16,23-25H,7-8,17-22,26H2,1-4H3,(H2,41,42,46)/b16-12+. The fraction of sp³-hybridized carbons (Fsp3) is 0.359. The fourth-order valence-electron chi connectivity index (χ4n) is 6.36. The molecule has 3 amide bonds. The molecule has 0 spiro atoms. The minimum atomic E-state index is -0.399.